The van der Waals surface area contributed by atoms with Gasteiger partial charge in [-0.1, -0.05) is 47.6 Å². The lowest BCUT2D eigenvalue weighted by Gasteiger charge is -2.33. The molecular weight excluding hydrogens is 381 g/mol. The van der Waals surface area contributed by atoms with Gasteiger partial charge < -0.3 is 4.52 Å². The number of rotatable bonds is 5. The Kier molecular flexibility index (Phi) is 5.64. The number of hydrogen-bond acceptors (Lipinski definition) is 5. The van der Waals surface area contributed by atoms with Gasteiger partial charge in [0.05, 0.1) is 12.1 Å². The topological polar surface area (TPSA) is 45.4 Å². The van der Waals surface area contributed by atoms with Crippen molar-refractivity contribution in [3.63, 3.8) is 0 Å². The molecule has 0 saturated carbocycles. The molecule has 1 aliphatic heterocycles. The molecule has 1 aliphatic rings. The monoisotopic (exact) mass is 402 g/mol. The maximum atomic E-state index is 12.9. The molecule has 8 heteroatoms. The maximum Gasteiger partial charge on any atom is 0.416 e. The van der Waals surface area contributed by atoms with Crippen LogP contribution in [0.4, 0.5) is 13.2 Å². The van der Waals surface area contributed by atoms with Crippen LogP contribution in [0.2, 0.25) is 0 Å². The Morgan fingerprint density at radius 1 is 0.862 bits per heavy atom. The Bertz CT molecular complexity index is 934. The predicted octanol–water partition coefficient (Wildman–Crippen LogP) is 4.07. The summed E-state index contributed by atoms with van der Waals surface area (Å²) in [4.78, 5) is 8.89. The van der Waals surface area contributed by atoms with E-state index in [-0.39, 0.29) is 5.82 Å². The van der Waals surface area contributed by atoms with E-state index >= 15 is 0 Å². The zero-order valence-corrected chi connectivity index (χ0v) is 15.8. The second-order valence-corrected chi connectivity index (χ2v) is 7.13. The lowest BCUT2D eigenvalue weighted by Crippen LogP contribution is -2.45. The molecule has 0 bridgehead atoms. The summed E-state index contributed by atoms with van der Waals surface area (Å²) in [7, 11) is 0. The molecule has 0 atom stereocenters. The van der Waals surface area contributed by atoms with Crippen LogP contribution in [0.15, 0.2) is 59.1 Å². The third kappa shape index (κ3) is 5.02. The van der Waals surface area contributed by atoms with Crippen LogP contribution in [0.3, 0.4) is 0 Å². The van der Waals surface area contributed by atoms with E-state index in [1.165, 1.54) is 11.6 Å². The first-order valence-electron chi connectivity index (χ1n) is 9.46. The number of alkyl halides is 3. The summed E-state index contributed by atoms with van der Waals surface area (Å²) in [5, 5.41) is 3.86. The third-order valence-electron chi connectivity index (χ3n) is 4.99. The molecule has 2 heterocycles. The lowest BCUT2D eigenvalue weighted by atomic mass is 10.1. The molecule has 0 radical (unpaired) electrons. The highest BCUT2D eigenvalue weighted by atomic mass is 19.4. The molecule has 5 nitrogen and oxygen atoms in total. The van der Waals surface area contributed by atoms with E-state index in [4.69, 9.17) is 4.52 Å². The molecule has 2 aromatic carbocycles. The Labute approximate surface area is 166 Å². The van der Waals surface area contributed by atoms with Gasteiger partial charge in [0, 0.05) is 38.3 Å². The van der Waals surface area contributed by atoms with Gasteiger partial charge in [0.15, 0.2) is 0 Å². The van der Waals surface area contributed by atoms with E-state index in [0.29, 0.717) is 18.0 Å². The van der Waals surface area contributed by atoms with E-state index in [2.05, 4.69) is 32.1 Å². The summed E-state index contributed by atoms with van der Waals surface area (Å²) in [6, 6.07) is 15.3. The van der Waals surface area contributed by atoms with Crippen LogP contribution in [0.1, 0.15) is 17.0 Å². The minimum absolute atomic E-state index is 0.175. The van der Waals surface area contributed by atoms with Gasteiger partial charge in [-0.3, -0.25) is 9.80 Å². The summed E-state index contributed by atoms with van der Waals surface area (Å²) in [6.45, 7) is 5.02. The second-order valence-electron chi connectivity index (χ2n) is 7.13. The molecule has 29 heavy (non-hydrogen) atoms. The first-order chi connectivity index (χ1) is 14.0. The molecule has 0 unspecified atom stereocenters. The first kappa shape index (κ1) is 19.6. The van der Waals surface area contributed by atoms with Gasteiger partial charge in [-0.25, -0.2) is 0 Å². The Hall–Kier alpha value is -2.71. The molecule has 0 N–H and O–H groups in total. The van der Waals surface area contributed by atoms with Crippen molar-refractivity contribution in [2.24, 2.45) is 0 Å². The molecule has 0 amide bonds. The van der Waals surface area contributed by atoms with Gasteiger partial charge in [-0.05, 0) is 17.7 Å². The van der Waals surface area contributed by atoms with E-state index in [0.717, 1.165) is 44.9 Å². The van der Waals surface area contributed by atoms with Gasteiger partial charge in [0.25, 0.3) is 0 Å². The number of nitrogens with zero attached hydrogens (tertiary/aromatic N) is 4. The first-order valence-corrected chi connectivity index (χ1v) is 9.46. The summed E-state index contributed by atoms with van der Waals surface area (Å²) >= 11 is 0. The van der Waals surface area contributed by atoms with Crippen molar-refractivity contribution in [3.8, 4) is 11.4 Å². The van der Waals surface area contributed by atoms with Gasteiger partial charge in [0.1, 0.15) is 0 Å². The van der Waals surface area contributed by atoms with Crippen molar-refractivity contribution in [3.05, 3.63) is 71.6 Å². The summed E-state index contributed by atoms with van der Waals surface area (Å²) in [6.07, 6.45) is -4.40. The third-order valence-corrected chi connectivity index (χ3v) is 4.99. The minimum Gasteiger partial charge on any atom is -0.338 e. The van der Waals surface area contributed by atoms with Gasteiger partial charge in [0.2, 0.25) is 11.7 Å². The summed E-state index contributed by atoms with van der Waals surface area (Å²) in [5.74, 6) is 0.586. The largest absolute Gasteiger partial charge is 0.416 e. The fourth-order valence-corrected chi connectivity index (χ4v) is 3.41. The van der Waals surface area contributed by atoms with Crippen molar-refractivity contribution in [2.75, 3.05) is 26.2 Å². The Morgan fingerprint density at radius 2 is 1.55 bits per heavy atom. The molecule has 1 saturated heterocycles. The number of hydrogen-bond donors (Lipinski definition) is 0. The number of piperazine rings is 1. The van der Waals surface area contributed by atoms with E-state index in [1.807, 2.05) is 18.2 Å². The quantitative estimate of drug-likeness (QED) is 0.644. The van der Waals surface area contributed by atoms with Gasteiger partial charge >= 0.3 is 6.18 Å². The van der Waals surface area contributed by atoms with Crippen LogP contribution >= 0.6 is 0 Å². The average Bonchev–Trinajstić information content (AvgIpc) is 3.18. The smallest absolute Gasteiger partial charge is 0.338 e. The molecular formula is C21H21F3N4O. The fourth-order valence-electron chi connectivity index (χ4n) is 3.41. The maximum absolute atomic E-state index is 12.9. The zero-order chi connectivity index (χ0) is 20.3. The van der Waals surface area contributed by atoms with Crippen LogP contribution < -0.4 is 0 Å². The minimum atomic E-state index is -4.40. The van der Waals surface area contributed by atoms with Crippen LogP contribution in [-0.2, 0) is 19.3 Å². The molecule has 0 spiro atoms. The standard InChI is InChI=1S/C21H21F3N4O/c22-21(23,24)18-8-4-7-17(13-18)20-25-19(29-26-20)15-28-11-9-27(10-12-28)14-16-5-2-1-3-6-16/h1-8,13H,9-12,14-15H2. The van der Waals surface area contributed by atoms with Crippen molar-refractivity contribution in [1.29, 1.82) is 0 Å². The highest BCUT2D eigenvalue weighted by Gasteiger charge is 2.30. The van der Waals surface area contributed by atoms with Crippen LogP contribution in [-0.4, -0.2) is 46.1 Å². The molecule has 1 fully saturated rings. The molecule has 4 rings (SSSR count). The number of aromatic nitrogens is 2. The molecule has 1 aromatic heterocycles. The molecule has 0 aliphatic carbocycles. The van der Waals surface area contributed by atoms with E-state index in [9.17, 15) is 13.2 Å². The number of benzene rings is 2. The fraction of sp³-hybridized carbons (Fsp3) is 0.333. The van der Waals surface area contributed by atoms with E-state index < -0.39 is 11.7 Å². The van der Waals surface area contributed by atoms with E-state index in [1.54, 1.807) is 6.07 Å². The van der Waals surface area contributed by atoms with Crippen molar-refractivity contribution in [1.82, 2.24) is 19.9 Å². The Balaban J connectivity index is 1.33. The van der Waals surface area contributed by atoms with Crippen molar-refractivity contribution in [2.45, 2.75) is 19.3 Å². The van der Waals surface area contributed by atoms with Crippen molar-refractivity contribution >= 4 is 0 Å². The predicted molar refractivity (Wildman–Crippen MR) is 102 cm³/mol. The van der Waals surface area contributed by atoms with Crippen LogP contribution in [0, 0.1) is 0 Å². The normalized spacial score (nSPS) is 16.2. The molecule has 152 valence electrons. The van der Waals surface area contributed by atoms with Gasteiger partial charge in [-0.15, -0.1) is 0 Å². The Morgan fingerprint density at radius 3 is 2.24 bits per heavy atom. The van der Waals surface area contributed by atoms with Crippen LogP contribution in [0.25, 0.3) is 11.4 Å². The highest BCUT2D eigenvalue weighted by Crippen LogP contribution is 2.31. The van der Waals surface area contributed by atoms with Crippen molar-refractivity contribution < 1.29 is 17.7 Å². The summed E-state index contributed by atoms with van der Waals surface area (Å²) in [5.41, 5.74) is 0.863. The number of halogens is 3. The van der Waals surface area contributed by atoms with Gasteiger partial charge in [-0.2, -0.15) is 18.2 Å². The molecule has 3 aromatic rings. The highest BCUT2D eigenvalue weighted by molar-refractivity contribution is 5.55. The van der Waals surface area contributed by atoms with Crippen LogP contribution in [0.5, 0.6) is 0 Å². The zero-order valence-electron chi connectivity index (χ0n) is 15.8. The lowest BCUT2D eigenvalue weighted by molar-refractivity contribution is -0.137. The average molecular weight is 402 g/mol. The second kappa shape index (κ2) is 8.34. The SMILES string of the molecule is FC(F)(F)c1cccc(-c2noc(CN3CCN(Cc4ccccc4)CC3)n2)c1. The summed E-state index contributed by atoms with van der Waals surface area (Å²) < 4.78 is 43.9.